The lowest BCUT2D eigenvalue weighted by atomic mass is 10.0. The number of aromatic nitrogens is 2. The number of fused-ring (bicyclic) bond motifs is 1. The molecule has 84 valence electrons. The predicted molar refractivity (Wildman–Crippen MR) is 62.0 cm³/mol. The molecule has 1 aliphatic heterocycles. The van der Waals surface area contributed by atoms with Gasteiger partial charge in [0.05, 0.1) is 0 Å². The lowest BCUT2D eigenvalue weighted by Gasteiger charge is -2.22. The van der Waals surface area contributed by atoms with Gasteiger partial charge in [0.2, 0.25) is 0 Å². The number of aryl methyl sites for hydroxylation is 1. The molecule has 0 aromatic carbocycles. The SMILES string of the molecule is CC1CCc2cnc(CCN(C)C)n2C1. The van der Waals surface area contributed by atoms with E-state index in [1.54, 1.807) is 0 Å². The summed E-state index contributed by atoms with van der Waals surface area (Å²) in [7, 11) is 4.23. The van der Waals surface area contributed by atoms with Gasteiger partial charge in [-0.3, -0.25) is 0 Å². The average molecular weight is 207 g/mol. The first-order valence-electron chi connectivity index (χ1n) is 5.85. The molecular weight excluding hydrogens is 186 g/mol. The standard InChI is InChI=1S/C12H21N3/c1-10-4-5-11-8-13-12(15(11)9-10)6-7-14(2)3/h8,10H,4-7,9H2,1-3H3. The third-order valence-electron chi connectivity index (χ3n) is 3.19. The Balaban J connectivity index is 2.09. The van der Waals surface area contributed by atoms with E-state index >= 15 is 0 Å². The van der Waals surface area contributed by atoms with Crippen LogP contribution in [0.15, 0.2) is 6.20 Å². The van der Waals surface area contributed by atoms with Gasteiger partial charge in [-0.2, -0.15) is 0 Å². The topological polar surface area (TPSA) is 21.1 Å². The molecule has 0 saturated heterocycles. The van der Waals surface area contributed by atoms with E-state index in [1.165, 1.54) is 24.4 Å². The Bertz CT molecular complexity index is 328. The number of hydrogen-bond acceptors (Lipinski definition) is 2. The molecular formula is C12H21N3. The summed E-state index contributed by atoms with van der Waals surface area (Å²) in [5.74, 6) is 2.08. The van der Waals surface area contributed by atoms with E-state index in [9.17, 15) is 0 Å². The van der Waals surface area contributed by atoms with Gasteiger partial charge in [-0.15, -0.1) is 0 Å². The minimum atomic E-state index is 0.810. The zero-order valence-corrected chi connectivity index (χ0v) is 10.0. The molecule has 0 fully saturated rings. The van der Waals surface area contributed by atoms with Crippen molar-refractivity contribution in [1.82, 2.24) is 14.5 Å². The third-order valence-corrected chi connectivity index (χ3v) is 3.19. The van der Waals surface area contributed by atoms with Crippen LogP contribution in [0.25, 0.3) is 0 Å². The molecule has 0 saturated carbocycles. The second-order valence-corrected chi connectivity index (χ2v) is 4.97. The molecule has 1 atom stereocenters. The van der Waals surface area contributed by atoms with Crippen LogP contribution in [-0.4, -0.2) is 35.1 Å². The Kier molecular flexibility index (Phi) is 3.10. The fraction of sp³-hybridized carbons (Fsp3) is 0.750. The van der Waals surface area contributed by atoms with Crippen LogP contribution < -0.4 is 0 Å². The van der Waals surface area contributed by atoms with Gasteiger partial charge in [0.1, 0.15) is 5.82 Å². The van der Waals surface area contributed by atoms with E-state index in [2.05, 4.69) is 41.7 Å². The van der Waals surface area contributed by atoms with Crippen molar-refractivity contribution in [2.24, 2.45) is 5.92 Å². The smallest absolute Gasteiger partial charge is 0.110 e. The van der Waals surface area contributed by atoms with Crippen LogP contribution in [0.5, 0.6) is 0 Å². The molecule has 2 rings (SSSR count). The molecule has 0 aliphatic carbocycles. The zero-order chi connectivity index (χ0) is 10.8. The van der Waals surface area contributed by atoms with E-state index in [-0.39, 0.29) is 0 Å². The summed E-state index contributed by atoms with van der Waals surface area (Å²) in [6, 6.07) is 0. The summed E-state index contributed by atoms with van der Waals surface area (Å²) < 4.78 is 2.43. The molecule has 15 heavy (non-hydrogen) atoms. The molecule has 2 heterocycles. The lowest BCUT2D eigenvalue weighted by Crippen LogP contribution is -2.22. The van der Waals surface area contributed by atoms with Gasteiger partial charge in [-0.25, -0.2) is 4.98 Å². The summed E-state index contributed by atoms with van der Waals surface area (Å²) in [6.07, 6.45) is 5.66. The minimum Gasteiger partial charge on any atom is -0.332 e. The second kappa shape index (κ2) is 4.35. The van der Waals surface area contributed by atoms with Crippen LogP contribution >= 0.6 is 0 Å². The van der Waals surface area contributed by atoms with Crippen molar-refractivity contribution < 1.29 is 0 Å². The normalized spacial score (nSPS) is 20.7. The van der Waals surface area contributed by atoms with Gasteiger partial charge < -0.3 is 9.47 Å². The Morgan fingerprint density at radius 3 is 3.07 bits per heavy atom. The van der Waals surface area contributed by atoms with Gasteiger partial charge in [0, 0.05) is 31.4 Å². The maximum Gasteiger partial charge on any atom is 0.110 e. The van der Waals surface area contributed by atoms with Crippen LogP contribution in [0.1, 0.15) is 24.9 Å². The van der Waals surface area contributed by atoms with E-state index in [0.717, 1.165) is 25.4 Å². The van der Waals surface area contributed by atoms with E-state index < -0.39 is 0 Å². The maximum atomic E-state index is 4.54. The Morgan fingerprint density at radius 2 is 2.33 bits per heavy atom. The zero-order valence-electron chi connectivity index (χ0n) is 10.0. The predicted octanol–water partition coefficient (Wildman–Crippen LogP) is 1.57. The first-order valence-corrected chi connectivity index (χ1v) is 5.85. The first kappa shape index (κ1) is 10.7. The molecule has 1 unspecified atom stereocenters. The molecule has 1 aromatic rings. The highest BCUT2D eigenvalue weighted by Gasteiger charge is 2.17. The molecule has 0 N–H and O–H groups in total. The average Bonchev–Trinajstić information content (AvgIpc) is 2.57. The Morgan fingerprint density at radius 1 is 1.53 bits per heavy atom. The Labute approximate surface area is 92.1 Å². The number of likely N-dealkylation sites (N-methyl/N-ethyl adjacent to an activating group) is 1. The molecule has 3 heteroatoms. The van der Waals surface area contributed by atoms with Gasteiger partial charge >= 0.3 is 0 Å². The van der Waals surface area contributed by atoms with Crippen molar-refractivity contribution in [3.8, 4) is 0 Å². The van der Waals surface area contributed by atoms with Crippen molar-refractivity contribution in [3.63, 3.8) is 0 Å². The number of nitrogens with zero attached hydrogens (tertiary/aromatic N) is 3. The third kappa shape index (κ3) is 2.40. The molecule has 0 radical (unpaired) electrons. The molecule has 0 bridgehead atoms. The number of hydrogen-bond donors (Lipinski definition) is 0. The van der Waals surface area contributed by atoms with Crippen molar-refractivity contribution in [3.05, 3.63) is 17.7 Å². The minimum absolute atomic E-state index is 0.810. The fourth-order valence-electron chi connectivity index (χ4n) is 2.20. The number of imidazole rings is 1. The second-order valence-electron chi connectivity index (χ2n) is 4.97. The van der Waals surface area contributed by atoms with Crippen molar-refractivity contribution in [1.29, 1.82) is 0 Å². The summed E-state index contributed by atoms with van der Waals surface area (Å²) in [5, 5.41) is 0. The van der Waals surface area contributed by atoms with Crippen LogP contribution in [0, 0.1) is 5.92 Å². The number of rotatable bonds is 3. The lowest BCUT2D eigenvalue weighted by molar-refractivity contribution is 0.373. The van der Waals surface area contributed by atoms with Crippen LogP contribution in [0.2, 0.25) is 0 Å². The van der Waals surface area contributed by atoms with E-state index in [4.69, 9.17) is 0 Å². The monoisotopic (exact) mass is 207 g/mol. The van der Waals surface area contributed by atoms with Crippen LogP contribution in [-0.2, 0) is 19.4 Å². The summed E-state index contributed by atoms with van der Waals surface area (Å²) in [4.78, 5) is 6.76. The van der Waals surface area contributed by atoms with Crippen molar-refractivity contribution in [2.75, 3.05) is 20.6 Å². The largest absolute Gasteiger partial charge is 0.332 e. The van der Waals surface area contributed by atoms with Crippen LogP contribution in [0.4, 0.5) is 0 Å². The molecule has 0 amide bonds. The summed E-state index contributed by atoms with van der Waals surface area (Å²) in [6.45, 7) is 4.58. The van der Waals surface area contributed by atoms with Crippen LogP contribution in [0.3, 0.4) is 0 Å². The highest BCUT2D eigenvalue weighted by atomic mass is 15.1. The molecule has 3 nitrogen and oxygen atoms in total. The van der Waals surface area contributed by atoms with E-state index in [0.29, 0.717) is 0 Å². The highest BCUT2D eigenvalue weighted by Crippen LogP contribution is 2.21. The molecule has 1 aliphatic rings. The maximum absolute atomic E-state index is 4.54. The van der Waals surface area contributed by atoms with Gasteiger partial charge in [0.25, 0.3) is 0 Å². The summed E-state index contributed by atoms with van der Waals surface area (Å²) >= 11 is 0. The van der Waals surface area contributed by atoms with Gasteiger partial charge in [0.15, 0.2) is 0 Å². The molecule has 0 spiro atoms. The van der Waals surface area contributed by atoms with Gasteiger partial charge in [-0.1, -0.05) is 6.92 Å². The summed E-state index contributed by atoms with van der Waals surface area (Å²) in [5.41, 5.74) is 1.43. The highest BCUT2D eigenvalue weighted by molar-refractivity contribution is 5.08. The molecule has 1 aromatic heterocycles. The van der Waals surface area contributed by atoms with Crippen molar-refractivity contribution in [2.45, 2.75) is 32.7 Å². The fourth-order valence-corrected chi connectivity index (χ4v) is 2.20. The van der Waals surface area contributed by atoms with E-state index in [1.807, 2.05) is 0 Å². The Hall–Kier alpha value is -0.830. The van der Waals surface area contributed by atoms with Gasteiger partial charge in [-0.05, 0) is 32.9 Å². The quantitative estimate of drug-likeness (QED) is 0.750. The van der Waals surface area contributed by atoms with Crippen molar-refractivity contribution >= 4 is 0 Å². The first-order chi connectivity index (χ1) is 7.16.